The maximum absolute atomic E-state index is 11.8. The molecule has 2 heteroatoms. The summed E-state index contributed by atoms with van der Waals surface area (Å²) in [4.78, 5) is 13.7. The molecule has 2 nitrogen and oxygen atoms in total. The van der Waals surface area contributed by atoms with Crippen LogP contribution in [-0.2, 0) is 4.79 Å². The molecule has 2 unspecified atom stereocenters. The molecule has 82 valence electrons. The number of hydrogen-bond acceptors (Lipinski definition) is 1. The standard InChI is InChI=1S/C12H23NO/c1-8(2)10-6-7-11(10)13(5)12(14)9(3)4/h8-11H,6-7H2,1-5H3. The molecule has 1 aliphatic rings. The fraction of sp³-hybridized carbons (Fsp3) is 0.917. The fourth-order valence-electron chi connectivity index (χ4n) is 2.34. The van der Waals surface area contributed by atoms with Crippen molar-refractivity contribution in [1.82, 2.24) is 4.90 Å². The van der Waals surface area contributed by atoms with Gasteiger partial charge in [-0.15, -0.1) is 0 Å². The van der Waals surface area contributed by atoms with Crippen LogP contribution >= 0.6 is 0 Å². The number of amides is 1. The molecule has 0 radical (unpaired) electrons. The van der Waals surface area contributed by atoms with Crippen molar-refractivity contribution in [2.75, 3.05) is 7.05 Å². The van der Waals surface area contributed by atoms with Crippen LogP contribution < -0.4 is 0 Å². The summed E-state index contributed by atoms with van der Waals surface area (Å²) in [6, 6.07) is 0.505. The summed E-state index contributed by atoms with van der Waals surface area (Å²) in [7, 11) is 1.96. The molecule has 14 heavy (non-hydrogen) atoms. The molecule has 1 fully saturated rings. The largest absolute Gasteiger partial charge is 0.342 e. The van der Waals surface area contributed by atoms with Crippen molar-refractivity contribution in [3.05, 3.63) is 0 Å². The van der Waals surface area contributed by atoms with E-state index in [-0.39, 0.29) is 5.92 Å². The summed E-state index contributed by atoms with van der Waals surface area (Å²) < 4.78 is 0. The lowest BCUT2D eigenvalue weighted by Gasteiger charge is -2.45. The van der Waals surface area contributed by atoms with Crippen LogP contribution in [0.25, 0.3) is 0 Å². The van der Waals surface area contributed by atoms with E-state index in [4.69, 9.17) is 0 Å². The van der Waals surface area contributed by atoms with Crippen molar-refractivity contribution in [3.63, 3.8) is 0 Å². The van der Waals surface area contributed by atoms with Gasteiger partial charge >= 0.3 is 0 Å². The van der Waals surface area contributed by atoms with Gasteiger partial charge in [-0.3, -0.25) is 4.79 Å². The zero-order valence-corrected chi connectivity index (χ0v) is 10.1. The number of rotatable bonds is 3. The van der Waals surface area contributed by atoms with E-state index in [9.17, 15) is 4.79 Å². The van der Waals surface area contributed by atoms with Crippen LogP contribution in [-0.4, -0.2) is 23.9 Å². The zero-order chi connectivity index (χ0) is 10.9. The lowest BCUT2D eigenvalue weighted by molar-refractivity contribution is -0.139. The Morgan fingerprint density at radius 1 is 1.21 bits per heavy atom. The summed E-state index contributed by atoms with van der Waals surface area (Å²) in [5.41, 5.74) is 0. The molecule has 1 amide bonds. The Labute approximate surface area is 87.7 Å². The van der Waals surface area contributed by atoms with Crippen molar-refractivity contribution in [2.45, 2.75) is 46.6 Å². The van der Waals surface area contributed by atoms with E-state index in [1.54, 1.807) is 0 Å². The third kappa shape index (κ3) is 2.10. The zero-order valence-electron chi connectivity index (χ0n) is 10.1. The first-order valence-corrected chi connectivity index (χ1v) is 5.71. The molecular weight excluding hydrogens is 174 g/mol. The van der Waals surface area contributed by atoms with Gasteiger partial charge in [-0.1, -0.05) is 27.7 Å². The molecule has 0 heterocycles. The monoisotopic (exact) mass is 197 g/mol. The van der Waals surface area contributed by atoms with Gasteiger partial charge in [-0.2, -0.15) is 0 Å². The van der Waals surface area contributed by atoms with Crippen molar-refractivity contribution in [3.8, 4) is 0 Å². The van der Waals surface area contributed by atoms with Crippen molar-refractivity contribution in [2.24, 2.45) is 17.8 Å². The van der Waals surface area contributed by atoms with Gasteiger partial charge in [0.25, 0.3) is 0 Å². The normalized spacial score (nSPS) is 26.5. The fourth-order valence-corrected chi connectivity index (χ4v) is 2.34. The van der Waals surface area contributed by atoms with Gasteiger partial charge in [-0.05, 0) is 24.7 Å². The Balaban J connectivity index is 2.53. The van der Waals surface area contributed by atoms with Gasteiger partial charge in [0.05, 0.1) is 0 Å². The van der Waals surface area contributed by atoms with Gasteiger partial charge in [0.15, 0.2) is 0 Å². The van der Waals surface area contributed by atoms with Crippen molar-refractivity contribution >= 4 is 5.91 Å². The topological polar surface area (TPSA) is 20.3 Å². The molecule has 0 aliphatic heterocycles. The van der Waals surface area contributed by atoms with Gasteiger partial charge in [-0.25, -0.2) is 0 Å². The van der Waals surface area contributed by atoms with E-state index in [1.165, 1.54) is 12.8 Å². The van der Waals surface area contributed by atoms with Gasteiger partial charge in [0.2, 0.25) is 5.91 Å². The lowest BCUT2D eigenvalue weighted by Crippen LogP contribution is -2.50. The molecule has 1 saturated carbocycles. The van der Waals surface area contributed by atoms with Crippen LogP contribution in [0.1, 0.15) is 40.5 Å². The molecule has 1 aliphatic carbocycles. The highest BCUT2D eigenvalue weighted by molar-refractivity contribution is 5.78. The quantitative estimate of drug-likeness (QED) is 0.681. The Bertz CT molecular complexity index is 210. The molecule has 0 aromatic carbocycles. The molecule has 0 aromatic rings. The third-order valence-corrected chi connectivity index (χ3v) is 3.49. The first-order chi connectivity index (χ1) is 6.45. The highest BCUT2D eigenvalue weighted by atomic mass is 16.2. The molecule has 0 aromatic heterocycles. The van der Waals surface area contributed by atoms with E-state index in [1.807, 2.05) is 25.8 Å². The molecule has 0 spiro atoms. The Morgan fingerprint density at radius 2 is 1.79 bits per heavy atom. The molecule has 2 atom stereocenters. The third-order valence-electron chi connectivity index (χ3n) is 3.49. The van der Waals surface area contributed by atoms with E-state index in [2.05, 4.69) is 13.8 Å². The minimum Gasteiger partial charge on any atom is -0.342 e. The van der Waals surface area contributed by atoms with Crippen LogP contribution in [0.15, 0.2) is 0 Å². The molecule has 1 rings (SSSR count). The smallest absolute Gasteiger partial charge is 0.225 e. The van der Waals surface area contributed by atoms with Gasteiger partial charge in [0, 0.05) is 19.0 Å². The number of carbonyl (C=O) groups excluding carboxylic acids is 1. The minimum absolute atomic E-state index is 0.133. The van der Waals surface area contributed by atoms with Crippen LogP contribution in [0.4, 0.5) is 0 Å². The summed E-state index contributed by atoms with van der Waals surface area (Å²) in [6.45, 7) is 8.46. The van der Waals surface area contributed by atoms with Crippen LogP contribution in [0.2, 0.25) is 0 Å². The van der Waals surface area contributed by atoms with E-state index in [0.29, 0.717) is 17.9 Å². The van der Waals surface area contributed by atoms with Crippen LogP contribution in [0, 0.1) is 17.8 Å². The van der Waals surface area contributed by atoms with Crippen LogP contribution in [0.5, 0.6) is 0 Å². The number of nitrogens with zero attached hydrogens (tertiary/aromatic N) is 1. The average Bonchev–Trinajstić information content (AvgIpc) is 1.99. The molecular formula is C12H23NO. The Kier molecular flexibility index (Phi) is 3.57. The summed E-state index contributed by atoms with van der Waals surface area (Å²) in [5, 5.41) is 0. The second kappa shape index (κ2) is 4.33. The van der Waals surface area contributed by atoms with Gasteiger partial charge < -0.3 is 4.90 Å². The first-order valence-electron chi connectivity index (χ1n) is 5.71. The van der Waals surface area contributed by atoms with Crippen molar-refractivity contribution in [1.29, 1.82) is 0 Å². The number of hydrogen-bond donors (Lipinski definition) is 0. The SMILES string of the molecule is CC(C)C(=O)N(C)C1CCC1C(C)C. The summed E-state index contributed by atoms with van der Waals surface area (Å²) >= 11 is 0. The molecule has 0 bridgehead atoms. The van der Waals surface area contributed by atoms with Crippen LogP contribution in [0.3, 0.4) is 0 Å². The summed E-state index contributed by atoms with van der Waals surface area (Å²) in [5.74, 6) is 1.85. The van der Waals surface area contributed by atoms with E-state index >= 15 is 0 Å². The Hall–Kier alpha value is -0.530. The predicted octanol–water partition coefficient (Wildman–Crippen LogP) is 2.54. The second-order valence-corrected chi connectivity index (χ2v) is 5.16. The highest BCUT2D eigenvalue weighted by Crippen LogP contribution is 2.37. The van der Waals surface area contributed by atoms with Gasteiger partial charge in [0.1, 0.15) is 0 Å². The molecule has 0 saturated heterocycles. The van der Waals surface area contributed by atoms with Crippen molar-refractivity contribution < 1.29 is 4.79 Å². The van der Waals surface area contributed by atoms with E-state index < -0.39 is 0 Å². The number of carbonyl (C=O) groups is 1. The second-order valence-electron chi connectivity index (χ2n) is 5.16. The predicted molar refractivity (Wildman–Crippen MR) is 59.0 cm³/mol. The van der Waals surface area contributed by atoms with E-state index in [0.717, 1.165) is 5.92 Å². The lowest BCUT2D eigenvalue weighted by atomic mass is 9.72. The first kappa shape index (κ1) is 11.5. The average molecular weight is 197 g/mol. The Morgan fingerprint density at radius 3 is 2.07 bits per heavy atom. The maximum Gasteiger partial charge on any atom is 0.225 e. The molecule has 0 N–H and O–H groups in total. The summed E-state index contributed by atoms with van der Waals surface area (Å²) in [6.07, 6.45) is 2.48. The maximum atomic E-state index is 11.8. The highest BCUT2D eigenvalue weighted by Gasteiger charge is 2.37. The minimum atomic E-state index is 0.133.